The second-order valence-electron chi connectivity index (χ2n) is 6.22. The molecule has 1 fully saturated rings. The monoisotopic (exact) mass is 348 g/mol. The van der Waals surface area contributed by atoms with Gasteiger partial charge in [-0.2, -0.15) is 0 Å². The van der Waals surface area contributed by atoms with E-state index in [0.717, 1.165) is 0 Å². The first kappa shape index (κ1) is 17.2. The van der Waals surface area contributed by atoms with Crippen molar-refractivity contribution >= 4 is 23.5 Å². The van der Waals surface area contributed by atoms with Gasteiger partial charge in [0.2, 0.25) is 5.91 Å². The van der Waals surface area contributed by atoms with Crippen molar-refractivity contribution in [3.63, 3.8) is 0 Å². The Kier molecular flexibility index (Phi) is 4.63. The first-order chi connectivity index (χ1) is 11.9. The number of hydrogen-bond acceptors (Lipinski definition) is 5. The first-order valence-corrected chi connectivity index (χ1v) is 8.10. The average molecular weight is 348 g/mol. The predicted octanol–water partition coefficient (Wildman–Crippen LogP) is 0.501. The molecular formula is C17H20N2O6. The van der Waals surface area contributed by atoms with Crippen LogP contribution in [0.4, 0.5) is 5.69 Å². The van der Waals surface area contributed by atoms with Gasteiger partial charge >= 0.3 is 5.97 Å². The SMILES string of the molecule is CC1Oc2ccccc2N(CC(=O)N2CC(C(=O)O)O[C@H](C)C2)C1=O. The van der Waals surface area contributed by atoms with Gasteiger partial charge in [-0.25, -0.2) is 4.79 Å². The summed E-state index contributed by atoms with van der Waals surface area (Å²) in [6.07, 6.45) is -2.12. The minimum absolute atomic E-state index is 0.0335. The number of carbonyl (C=O) groups is 3. The number of fused-ring (bicyclic) bond motifs is 1. The molecule has 8 nitrogen and oxygen atoms in total. The van der Waals surface area contributed by atoms with Gasteiger partial charge in [0.25, 0.3) is 5.91 Å². The molecule has 25 heavy (non-hydrogen) atoms. The molecule has 0 bridgehead atoms. The lowest BCUT2D eigenvalue weighted by Gasteiger charge is -2.37. The molecule has 8 heteroatoms. The summed E-state index contributed by atoms with van der Waals surface area (Å²) in [7, 11) is 0. The van der Waals surface area contributed by atoms with Crippen molar-refractivity contribution in [2.24, 2.45) is 0 Å². The van der Waals surface area contributed by atoms with Crippen LogP contribution < -0.4 is 9.64 Å². The molecule has 2 aliphatic rings. The minimum atomic E-state index is -1.11. The van der Waals surface area contributed by atoms with Crippen molar-refractivity contribution in [1.82, 2.24) is 4.90 Å². The van der Waals surface area contributed by atoms with Crippen molar-refractivity contribution in [1.29, 1.82) is 0 Å². The van der Waals surface area contributed by atoms with Crippen LogP contribution in [-0.2, 0) is 19.1 Å². The molecule has 1 aromatic rings. The van der Waals surface area contributed by atoms with Crippen LogP contribution in [-0.4, -0.2) is 65.7 Å². The Balaban J connectivity index is 1.78. The molecule has 2 aliphatic heterocycles. The summed E-state index contributed by atoms with van der Waals surface area (Å²) >= 11 is 0. The minimum Gasteiger partial charge on any atom is -0.479 e. The molecule has 1 N–H and O–H groups in total. The van der Waals surface area contributed by atoms with Crippen LogP contribution in [0.3, 0.4) is 0 Å². The lowest BCUT2D eigenvalue weighted by molar-refractivity contribution is -0.166. The number of benzene rings is 1. The van der Waals surface area contributed by atoms with Gasteiger partial charge < -0.3 is 19.5 Å². The second-order valence-corrected chi connectivity index (χ2v) is 6.22. The van der Waals surface area contributed by atoms with Crippen LogP contribution in [0.25, 0.3) is 0 Å². The van der Waals surface area contributed by atoms with E-state index in [1.54, 1.807) is 38.1 Å². The van der Waals surface area contributed by atoms with Crippen LogP contribution in [0.15, 0.2) is 24.3 Å². The molecule has 2 heterocycles. The van der Waals surface area contributed by atoms with E-state index in [0.29, 0.717) is 18.0 Å². The number of carboxylic acid groups (broad SMARTS) is 1. The van der Waals surface area contributed by atoms with Gasteiger partial charge in [-0.15, -0.1) is 0 Å². The van der Waals surface area contributed by atoms with Gasteiger partial charge in [0, 0.05) is 6.54 Å². The average Bonchev–Trinajstić information content (AvgIpc) is 2.58. The van der Waals surface area contributed by atoms with E-state index in [4.69, 9.17) is 14.6 Å². The Labute approximate surface area is 144 Å². The van der Waals surface area contributed by atoms with Gasteiger partial charge in [0.15, 0.2) is 12.2 Å². The number of aliphatic carboxylic acids is 1. The van der Waals surface area contributed by atoms with Crippen molar-refractivity contribution in [2.45, 2.75) is 32.2 Å². The zero-order chi connectivity index (χ0) is 18.1. The third-order valence-corrected chi connectivity index (χ3v) is 4.26. The molecule has 0 radical (unpaired) electrons. The summed E-state index contributed by atoms with van der Waals surface area (Å²) in [4.78, 5) is 39.1. The molecule has 2 unspecified atom stereocenters. The second kappa shape index (κ2) is 6.72. The fourth-order valence-corrected chi connectivity index (χ4v) is 3.05. The third-order valence-electron chi connectivity index (χ3n) is 4.26. The molecule has 2 amide bonds. The fraction of sp³-hybridized carbons (Fsp3) is 0.471. The summed E-state index contributed by atoms with van der Waals surface area (Å²) in [5, 5.41) is 9.14. The number of anilines is 1. The highest BCUT2D eigenvalue weighted by molar-refractivity contribution is 6.03. The topological polar surface area (TPSA) is 96.4 Å². The van der Waals surface area contributed by atoms with E-state index in [1.165, 1.54) is 9.80 Å². The van der Waals surface area contributed by atoms with E-state index < -0.39 is 18.2 Å². The van der Waals surface area contributed by atoms with Crippen molar-refractivity contribution in [2.75, 3.05) is 24.5 Å². The zero-order valence-corrected chi connectivity index (χ0v) is 14.0. The summed E-state index contributed by atoms with van der Waals surface area (Å²) < 4.78 is 10.9. The van der Waals surface area contributed by atoms with Gasteiger partial charge in [-0.3, -0.25) is 14.5 Å². The van der Waals surface area contributed by atoms with Crippen molar-refractivity contribution < 1.29 is 29.0 Å². The highest BCUT2D eigenvalue weighted by atomic mass is 16.5. The number of amides is 2. The maximum Gasteiger partial charge on any atom is 0.334 e. The molecule has 134 valence electrons. The maximum atomic E-state index is 12.7. The number of para-hydroxylation sites is 2. The van der Waals surface area contributed by atoms with Gasteiger partial charge in [0.05, 0.1) is 18.3 Å². The number of hydrogen-bond donors (Lipinski definition) is 1. The number of carbonyl (C=O) groups excluding carboxylic acids is 2. The Morgan fingerprint density at radius 2 is 1.96 bits per heavy atom. The van der Waals surface area contributed by atoms with Crippen molar-refractivity contribution in [3.8, 4) is 5.75 Å². The molecule has 0 saturated carbocycles. The van der Waals surface area contributed by atoms with Crippen molar-refractivity contribution in [3.05, 3.63) is 24.3 Å². The summed E-state index contributed by atoms with van der Waals surface area (Å²) in [5.74, 6) is -1.19. The number of nitrogens with zero attached hydrogens (tertiary/aromatic N) is 2. The van der Waals surface area contributed by atoms with E-state index in [-0.39, 0.29) is 31.0 Å². The largest absolute Gasteiger partial charge is 0.479 e. The van der Waals surface area contributed by atoms with E-state index in [1.807, 2.05) is 0 Å². The molecule has 1 aromatic carbocycles. The first-order valence-electron chi connectivity index (χ1n) is 8.10. The lowest BCUT2D eigenvalue weighted by Crippen LogP contribution is -2.55. The van der Waals surface area contributed by atoms with Gasteiger partial charge in [0.1, 0.15) is 12.3 Å². The van der Waals surface area contributed by atoms with Crippen LogP contribution in [0.5, 0.6) is 5.75 Å². The molecule has 0 aliphatic carbocycles. The Bertz CT molecular complexity index is 706. The van der Waals surface area contributed by atoms with Crippen LogP contribution in [0, 0.1) is 0 Å². The molecular weight excluding hydrogens is 328 g/mol. The Morgan fingerprint density at radius 1 is 1.24 bits per heavy atom. The third kappa shape index (κ3) is 3.43. The summed E-state index contributed by atoms with van der Waals surface area (Å²) in [5.41, 5.74) is 0.537. The number of morpholine rings is 1. The van der Waals surface area contributed by atoms with E-state index in [2.05, 4.69) is 0 Å². The Morgan fingerprint density at radius 3 is 2.68 bits per heavy atom. The number of rotatable bonds is 3. The molecule has 1 saturated heterocycles. The van der Waals surface area contributed by atoms with Gasteiger partial charge in [-0.1, -0.05) is 12.1 Å². The maximum absolute atomic E-state index is 12.7. The van der Waals surface area contributed by atoms with E-state index >= 15 is 0 Å². The smallest absolute Gasteiger partial charge is 0.334 e. The zero-order valence-electron chi connectivity index (χ0n) is 14.0. The van der Waals surface area contributed by atoms with Crippen LogP contribution in [0.1, 0.15) is 13.8 Å². The molecule has 0 aromatic heterocycles. The highest BCUT2D eigenvalue weighted by Gasteiger charge is 2.36. The fourth-order valence-electron chi connectivity index (χ4n) is 3.05. The highest BCUT2D eigenvalue weighted by Crippen LogP contribution is 2.33. The Hall–Kier alpha value is -2.61. The number of carboxylic acids is 1. The van der Waals surface area contributed by atoms with Crippen LogP contribution in [0.2, 0.25) is 0 Å². The summed E-state index contributed by atoms with van der Waals surface area (Å²) in [6.45, 7) is 3.44. The predicted molar refractivity (Wildman–Crippen MR) is 87.4 cm³/mol. The molecule has 3 rings (SSSR count). The normalized spacial score (nSPS) is 26.0. The van der Waals surface area contributed by atoms with E-state index in [9.17, 15) is 14.4 Å². The molecule has 3 atom stereocenters. The number of ether oxygens (including phenoxy) is 2. The quantitative estimate of drug-likeness (QED) is 0.855. The summed E-state index contributed by atoms with van der Waals surface area (Å²) in [6, 6.07) is 7.02. The van der Waals surface area contributed by atoms with Gasteiger partial charge in [-0.05, 0) is 26.0 Å². The van der Waals surface area contributed by atoms with Crippen LogP contribution >= 0.6 is 0 Å². The lowest BCUT2D eigenvalue weighted by atomic mass is 10.1. The standard InChI is InChI=1S/C17H20N2O6/c1-10-7-18(8-14(24-10)17(22)23)15(20)9-19-12-5-3-4-6-13(12)25-11(2)16(19)21/h3-6,10-11,14H,7-9H2,1-2H3,(H,22,23)/t10-,11?,14?/m1/s1. The molecule has 0 spiro atoms.